The first-order chi connectivity index (χ1) is 11.5. The third kappa shape index (κ3) is 4.19. The van der Waals surface area contributed by atoms with Crippen LogP contribution >= 0.6 is 31.9 Å². The van der Waals surface area contributed by atoms with Crippen LogP contribution in [0.25, 0.3) is 0 Å². The van der Waals surface area contributed by atoms with E-state index in [1.165, 1.54) is 5.56 Å². The van der Waals surface area contributed by atoms with Crippen LogP contribution in [0.3, 0.4) is 0 Å². The second kappa shape index (κ2) is 8.98. The van der Waals surface area contributed by atoms with E-state index in [4.69, 9.17) is 4.99 Å². The number of unbranched alkanes of at least 4 members (excludes halogenated alkanes) is 1. The molecule has 0 amide bonds. The maximum absolute atomic E-state index is 9.64. The molecule has 2 rings (SSSR count). The van der Waals surface area contributed by atoms with Gasteiger partial charge in [-0.1, -0.05) is 13.3 Å². The molecule has 1 saturated heterocycles. The van der Waals surface area contributed by atoms with E-state index in [1.807, 2.05) is 6.92 Å². The van der Waals surface area contributed by atoms with Gasteiger partial charge in [-0.05, 0) is 69.7 Å². The lowest BCUT2D eigenvalue weighted by Crippen LogP contribution is -2.45. The smallest absolute Gasteiger partial charge is 0.103 e. The standard InChI is InChI=1S/C18H24Br2N4/c1-4-5-6-14-12(2)18(15(11-21)17(20)16(14)19)23-13(3)24-9-7-22-8-10-24/h22H,4-10H2,1-3H3/b23-13+. The lowest BCUT2D eigenvalue weighted by atomic mass is 9.98. The van der Waals surface area contributed by atoms with Crippen molar-refractivity contribution in [1.82, 2.24) is 10.2 Å². The van der Waals surface area contributed by atoms with Gasteiger partial charge >= 0.3 is 0 Å². The molecule has 1 aromatic carbocycles. The summed E-state index contributed by atoms with van der Waals surface area (Å²) in [5.41, 5.74) is 3.75. The predicted molar refractivity (Wildman–Crippen MR) is 107 cm³/mol. The minimum absolute atomic E-state index is 0.606. The molecule has 0 spiro atoms. The molecule has 1 heterocycles. The molecular formula is C18H24Br2N4. The van der Waals surface area contributed by atoms with Crippen LogP contribution in [0.4, 0.5) is 5.69 Å². The molecular weight excluding hydrogens is 432 g/mol. The second-order valence-corrected chi connectivity index (χ2v) is 7.65. The Morgan fingerprint density at radius 1 is 1.29 bits per heavy atom. The number of benzene rings is 1. The summed E-state index contributed by atoms with van der Waals surface area (Å²) in [6, 6.07) is 2.32. The maximum Gasteiger partial charge on any atom is 0.103 e. The first kappa shape index (κ1) is 19.4. The lowest BCUT2D eigenvalue weighted by molar-refractivity contribution is 0.356. The SMILES string of the molecule is CCCCc1c(C)c(/N=C(\C)N2CCNCC2)c(C#N)c(Br)c1Br. The third-order valence-corrected chi connectivity index (χ3v) is 6.66. The van der Waals surface area contributed by atoms with Crippen molar-refractivity contribution in [2.24, 2.45) is 4.99 Å². The number of aliphatic imine (C=N–C) groups is 1. The summed E-state index contributed by atoms with van der Waals surface area (Å²) in [5.74, 6) is 0.978. The van der Waals surface area contributed by atoms with Gasteiger partial charge in [0.25, 0.3) is 0 Å². The summed E-state index contributed by atoms with van der Waals surface area (Å²) < 4.78 is 1.80. The van der Waals surface area contributed by atoms with Crippen LogP contribution in [0.5, 0.6) is 0 Å². The first-order valence-electron chi connectivity index (χ1n) is 8.42. The molecule has 1 N–H and O–H groups in total. The number of nitriles is 1. The number of piperazine rings is 1. The minimum Gasteiger partial charge on any atom is -0.358 e. The monoisotopic (exact) mass is 454 g/mol. The summed E-state index contributed by atoms with van der Waals surface area (Å²) in [7, 11) is 0. The molecule has 0 atom stereocenters. The van der Waals surface area contributed by atoms with Crippen molar-refractivity contribution in [3.05, 3.63) is 25.6 Å². The van der Waals surface area contributed by atoms with Gasteiger partial charge in [0.1, 0.15) is 11.9 Å². The summed E-state index contributed by atoms with van der Waals surface area (Å²) in [5, 5.41) is 13.0. The van der Waals surface area contributed by atoms with E-state index in [1.54, 1.807) is 0 Å². The topological polar surface area (TPSA) is 51.4 Å². The largest absolute Gasteiger partial charge is 0.358 e. The molecule has 130 valence electrons. The first-order valence-corrected chi connectivity index (χ1v) is 10.0. The van der Waals surface area contributed by atoms with Crippen molar-refractivity contribution in [1.29, 1.82) is 5.26 Å². The fourth-order valence-electron chi connectivity index (χ4n) is 2.95. The van der Waals surface area contributed by atoms with Gasteiger partial charge in [0.15, 0.2) is 0 Å². The van der Waals surface area contributed by atoms with E-state index in [2.05, 4.69) is 62.0 Å². The summed E-state index contributed by atoms with van der Waals surface area (Å²) >= 11 is 7.26. The molecule has 0 aromatic heterocycles. The Morgan fingerprint density at radius 2 is 1.96 bits per heavy atom. The predicted octanol–water partition coefficient (Wildman–Crippen LogP) is 4.69. The molecule has 0 radical (unpaired) electrons. The Labute approximate surface area is 161 Å². The van der Waals surface area contributed by atoms with E-state index in [9.17, 15) is 5.26 Å². The Bertz CT molecular complexity index is 671. The highest BCUT2D eigenvalue weighted by molar-refractivity contribution is 9.13. The van der Waals surface area contributed by atoms with Gasteiger partial charge in [0, 0.05) is 30.7 Å². The molecule has 1 fully saturated rings. The van der Waals surface area contributed by atoms with Crippen LogP contribution in [-0.4, -0.2) is 36.9 Å². The third-order valence-electron chi connectivity index (χ3n) is 4.46. The van der Waals surface area contributed by atoms with E-state index in [0.717, 1.165) is 71.5 Å². The van der Waals surface area contributed by atoms with Crippen LogP contribution in [-0.2, 0) is 6.42 Å². The van der Waals surface area contributed by atoms with Gasteiger partial charge in [-0.3, -0.25) is 0 Å². The molecule has 24 heavy (non-hydrogen) atoms. The number of hydrogen-bond acceptors (Lipinski definition) is 3. The second-order valence-electron chi connectivity index (χ2n) is 6.07. The van der Waals surface area contributed by atoms with Crippen molar-refractivity contribution in [3.8, 4) is 6.07 Å². The Hall–Kier alpha value is -0.900. The summed E-state index contributed by atoms with van der Waals surface area (Å²) in [6.07, 6.45) is 3.25. The number of nitrogens with zero attached hydrogens (tertiary/aromatic N) is 3. The molecule has 4 nitrogen and oxygen atoms in total. The van der Waals surface area contributed by atoms with Gasteiger partial charge in [-0.25, -0.2) is 4.99 Å². The van der Waals surface area contributed by atoms with Crippen molar-refractivity contribution >= 4 is 43.4 Å². The van der Waals surface area contributed by atoms with E-state index in [0.29, 0.717) is 5.56 Å². The summed E-state index contributed by atoms with van der Waals surface area (Å²) in [4.78, 5) is 7.14. The molecule has 1 aliphatic rings. The fourth-order valence-corrected chi connectivity index (χ4v) is 4.16. The van der Waals surface area contributed by atoms with Crippen LogP contribution in [0.15, 0.2) is 13.9 Å². The highest BCUT2D eigenvalue weighted by atomic mass is 79.9. The number of rotatable bonds is 4. The molecule has 0 bridgehead atoms. The van der Waals surface area contributed by atoms with E-state index in [-0.39, 0.29) is 0 Å². The van der Waals surface area contributed by atoms with Crippen molar-refractivity contribution < 1.29 is 0 Å². The van der Waals surface area contributed by atoms with Gasteiger partial charge in [-0.15, -0.1) is 0 Å². The molecule has 0 saturated carbocycles. The number of amidine groups is 1. The van der Waals surface area contributed by atoms with Gasteiger partial charge in [0.05, 0.1) is 15.7 Å². The Balaban J connectivity index is 2.50. The Kier molecular flexibility index (Phi) is 7.27. The van der Waals surface area contributed by atoms with Crippen LogP contribution < -0.4 is 5.32 Å². The average molecular weight is 456 g/mol. The van der Waals surface area contributed by atoms with Crippen LogP contribution in [0, 0.1) is 18.3 Å². The quantitative estimate of drug-likeness (QED) is 0.529. The molecule has 0 unspecified atom stereocenters. The molecule has 6 heteroatoms. The normalized spacial score (nSPS) is 15.5. The molecule has 1 aromatic rings. The number of hydrogen-bond donors (Lipinski definition) is 1. The van der Waals surface area contributed by atoms with E-state index >= 15 is 0 Å². The average Bonchev–Trinajstić information content (AvgIpc) is 2.60. The molecule has 1 aliphatic heterocycles. The highest BCUT2D eigenvalue weighted by Gasteiger charge is 2.20. The van der Waals surface area contributed by atoms with Gasteiger partial charge in [-0.2, -0.15) is 5.26 Å². The minimum atomic E-state index is 0.606. The van der Waals surface area contributed by atoms with Gasteiger partial charge in [0.2, 0.25) is 0 Å². The van der Waals surface area contributed by atoms with Crippen molar-refractivity contribution in [2.75, 3.05) is 26.2 Å². The van der Waals surface area contributed by atoms with Crippen LogP contribution in [0.1, 0.15) is 43.4 Å². The summed E-state index contributed by atoms with van der Waals surface area (Å²) in [6.45, 7) is 10.2. The Morgan fingerprint density at radius 3 is 2.54 bits per heavy atom. The van der Waals surface area contributed by atoms with Crippen LogP contribution in [0.2, 0.25) is 0 Å². The maximum atomic E-state index is 9.64. The number of halogens is 2. The zero-order chi connectivity index (χ0) is 17.7. The lowest BCUT2D eigenvalue weighted by Gasteiger charge is -2.29. The zero-order valence-electron chi connectivity index (χ0n) is 14.5. The van der Waals surface area contributed by atoms with Crippen molar-refractivity contribution in [2.45, 2.75) is 40.0 Å². The van der Waals surface area contributed by atoms with E-state index < -0.39 is 0 Å². The number of nitrogens with one attached hydrogen (secondary N) is 1. The molecule has 0 aliphatic carbocycles. The fraction of sp³-hybridized carbons (Fsp3) is 0.556. The highest BCUT2D eigenvalue weighted by Crippen LogP contribution is 2.40. The van der Waals surface area contributed by atoms with Gasteiger partial charge < -0.3 is 10.2 Å². The van der Waals surface area contributed by atoms with Crippen molar-refractivity contribution in [3.63, 3.8) is 0 Å². The zero-order valence-corrected chi connectivity index (χ0v) is 17.7.